The van der Waals surface area contributed by atoms with Gasteiger partial charge >= 0.3 is 0 Å². The molecule has 0 aliphatic rings. The van der Waals surface area contributed by atoms with Gasteiger partial charge in [0, 0.05) is 0 Å². The number of hydrogen-bond acceptors (Lipinski definition) is 2. The Morgan fingerprint density at radius 1 is 0.520 bits per heavy atom. The minimum absolute atomic E-state index is 0.771. The lowest BCUT2D eigenvalue weighted by molar-refractivity contribution is 0.276. The Hall–Kier alpha value is -1.96. The fourth-order valence-corrected chi connectivity index (χ4v) is 3.52. The van der Waals surface area contributed by atoms with Crippen LogP contribution in [0, 0.1) is 41.5 Å². The Kier molecular flexibility index (Phi) is 6.92. The first-order chi connectivity index (χ1) is 11.9. The molecule has 0 spiro atoms. The highest BCUT2D eigenvalue weighted by atomic mass is 16.5. The molecule has 0 aliphatic carbocycles. The zero-order valence-corrected chi connectivity index (χ0v) is 16.7. The van der Waals surface area contributed by atoms with Crippen LogP contribution in [0.4, 0.5) is 0 Å². The van der Waals surface area contributed by atoms with Crippen molar-refractivity contribution in [2.24, 2.45) is 0 Å². The molecule has 0 atom stereocenters. The van der Waals surface area contributed by atoms with Crippen LogP contribution in [-0.4, -0.2) is 13.2 Å². The highest BCUT2D eigenvalue weighted by molar-refractivity contribution is 5.43. The molecule has 2 rings (SSSR count). The summed E-state index contributed by atoms with van der Waals surface area (Å²) in [6.07, 6.45) is 3.23. The van der Waals surface area contributed by atoms with E-state index in [0.717, 1.165) is 44.0 Å². The molecule has 0 amide bonds. The van der Waals surface area contributed by atoms with Crippen molar-refractivity contribution >= 4 is 0 Å². The molecule has 0 bridgehead atoms. The number of rotatable bonds is 8. The SMILES string of the molecule is Cc1cc(C)c(OCCCCCOc2c(C)cc(C)cc2C)c(C)c1. The van der Waals surface area contributed by atoms with Gasteiger partial charge in [-0.15, -0.1) is 0 Å². The van der Waals surface area contributed by atoms with Gasteiger partial charge in [-0.2, -0.15) is 0 Å². The van der Waals surface area contributed by atoms with Crippen LogP contribution in [-0.2, 0) is 0 Å². The second-order valence-corrected chi connectivity index (χ2v) is 7.21. The Bertz CT molecular complexity index is 609. The van der Waals surface area contributed by atoms with E-state index in [0.29, 0.717) is 0 Å². The van der Waals surface area contributed by atoms with E-state index >= 15 is 0 Å². The molecule has 0 heterocycles. The van der Waals surface area contributed by atoms with Crippen molar-refractivity contribution in [3.05, 3.63) is 57.6 Å². The van der Waals surface area contributed by atoms with Crippen molar-refractivity contribution < 1.29 is 9.47 Å². The molecule has 0 radical (unpaired) electrons. The number of ether oxygens (including phenoxy) is 2. The second kappa shape index (κ2) is 8.94. The number of unbranched alkanes of at least 4 members (excludes halogenated alkanes) is 2. The van der Waals surface area contributed by atoms with Gasteiger partial charge in [0.05, 0.1) is 13.2 Å². The molecule has 0 unspecified atom stereocenters. The minimum Gasteiger partial charge on any atom is -0.493 e. The predicted molar refractivity (Wildman–Crippen MR) is 106 cm³/mol. The van der Waals surface area contributed by atoms with Crippen molar-refractivity contribution in [3.8, 4) is 11.5 Å². The second-order valence-electron chi connectivity index (χ2n) is 7.21. The molecule has 2 aromatic carbocycles. The first-order valence-electron chi connectivity index (χ1n) is 9.29. The van der Waals surface area contributed by atoms with E-state index < -0.39 is 0 Å². The normalized spacial score (nSPS) is 10.8. The van der Waals surface area contributed by atoms with Crippen molar-refractivity contribution in [2.75, 3.05) is 13.2 Å². The Morgan fingerprint density at radius 3 is 1.16 bits per heavy atom. The average Bonchev–Trinajstić information content (AvgIpc) is 2.50. The molecule has 2 nitrogen and oxygen atoms in total. The summed E-state index contributed by atoms with van der Waals surface area (Å²) in [5, 5.41) is 0. The van der Waals surface area contributed by atoms with Gasteiger partial charge in [-0.1, -0.05) is 35.4 Å². The van der Waals surface area contributed by atoms with Gasteiger partial charge in [0.15, 0.2) is 0 Å². The molecule has 0 fully saturated rings. The fourth-order valence-electron chi connectivity index (χ4n) is 3.52. The van der Waals surface area contributed by atoms with Gasteiger partial charge in [0.25, 0.3) is 0 Å². The Balaban J connectivity index is 1.69. The zero-order chi connectivity index (χ0) is 18.4. The van der Waals surface area contributed by atoms with Gasteiger partial charge in [0.2, 0.25) is 0 Å². The third-order valence-corrected chi connectivity index (χ3v) is 4.49. The molecule has 0 saturated carbocycles. The first kappa shape index (κ1) is 19.4. The summed E-state index contributed by atoms with van der Waals surface area (Å²) in [6, 6.07) is 8.73. The topological polar surface area (TPSA) is 18.5 Å². The van der Waals surface area contributed by atoms with Crippen LogP contribution < -0.4 is 9.47 Å². The number of aryl methyl sites for hydroxylation is 6. The average molecular weight is 341 g/mol. The monoisotopic (exact) mass is 340 g/mol. The van der Waals surface area contributed by atoms with Crippen molar-refractivity contribution in [1.29, 1.82) is 0 Å². The molecular weight excluding hydrogens is 308 g/mol. The summed E-state index contributed by atoms with van der Waals surface area (Å²) in [4.78, 5) is 0. The minimum atomic E-state index is 0.771. The Labute approximate surface area is 153 Å². The largest absolute Gasteiger partial charge is 0.493 e. The lowest BCUT2D eigenvalue weighted by Crippen LogP contribution is -2.04. The van der Waals surface area contributed by atoms with Crippen molar-refractivity contribution in [3.63, 3.8) is 0 Å². The lowest BCUT2D eigenvalue weighted by atomic mass is 10.1. The summed E-state index contributed by atoms with van der Waals surface area (Å²) in [5.74, 6) is 2.10. The molecule has 0 N–H and O–H groups in total. The molecule has 0 saturated heterocycles. The molecule has 0 aromatic heterocycles. The van der Waals surface area contributed by atoms with E-state index in [-0.39, 0.29) is 0 Å². The standard InChI is InChI=1S/C23H32O2/c1-16-12-18(3)22(19(4)13-16)24-10-8-7-9-11-25-23-20(5)14-17(2)15-21(23)6/h12-15H,7-11H2,1-6H3. The molecule has 25 heavy (non-hydrogen) atoms. The summed E-state index contributed by atoms with van der Waals surface area (Å²) < 4.78 is 12.0. The maximum Gasteiger partial charge on any atom is 0.125 e. The molecule has 2 heteroatoms. The number of hydrogen-bond donors (Lipinski definition) is 0. The third-order valence-electron chi connectivity index (χ3n) is 4.49. The highest BCUT2D eigenvalue weighted by Crippen LogP contribution is 2.26. The third kappa shape index (κ3) is 5.52. The lowest BCUT2D eigenvalue weighted by Gasteiger charge is -2.14. The van der Waals surface area contributed by atoms with E-state index in [1.54, 1.807) is 0 Å². The van der Waals surface area contributed by atoms with Crippen LogP contribution in [0.25, 0.3) is 0 Å². The smallest absolute Gasteiger partial charge is 0.125 e. The summed E-state index contributed by atoms with van der Waals surface area (Å²) >= 11 is 0. The van der Waals surface area contributed by atoms with Gasteiger partial charge in [-0.3, -0.25) is 0 Å². The van der Waals surface area contributed by atoms with E-state index in [9.17, 15) is 0 Å². The zero-order valence-electron chi connectivity index (χ0n) is 16.7. The van der Waals surface area contributed by atoms with Crippen LogP contribution in [0.5, 0.6) is 11.5 Å². The molecule has 2 aromatic rings. The van der Waals surface area contributed by atoms with Crippen LogP contribution in [0.2, 0.25) is 0 Å². The molecule has 136 valence electrons. The maximum atomic E-state index is 6.00. The van der Waals surface area contributed by atoms with E-state index in [2.05, 4.69) is 65.8 Å². The molecular formula is C23H32O2. The fraction of sp³-hybridized carbons (Fsp3) is 0.478. The van der Waals surface area contributed by atoms with E-state index in [1.165, 1.54) is 33.4 Å². The first-order valence-corrected chi connectivity index (χ1v) is 9.29. The van der Waals surface area contributed by atoms with Crippen molar-refractivity contribution in [1.82, 2.24) is 0 Å². The Morgan fingerprint density at radius 2 is 0.840 bits per heavy atom. The van der Waals surface area contributed by atoms with Gasteiger partial charge < -0.3 is 9.47 Å². The predicted octanol–water partition coefficient (Wildman–Crippen LogP) is 6.17. The van der Waals surface area contributed by atoms with Crippen LogP contribution in [0.15, 0.2) is 24.3 Å². The van der Waals surface area contributed by atoms with Crippen LogP contribution in [0.1, 0.15) is 52.6 Å². The number of benzene rings is 2. The maximum absolute atomic E-state index is 6.00. The van der Waals surface area contributed by atoms with Crippen molar-refractivity contribution in [2.45, 2.75) is 60.8 Å². The quantitative estimate of drug-likeness (QED) is 0.535. The van der Waals surface area contributed by atoms with Gasteiger partial charge in [0.1, 0.15) is 11.5 Å². The van der Waals surface area contributed by atoms with Gasteiger partial charge in [-0.25, -0.2) is 0 Å². The van der Waals surface area contributed by atoms with Gasteiger partial charge in [-0.05, 0) is 83.1 Å². The van der Waals surface area contributed by atoms with Crippen LogP contribution >= 0.6 is 0 Å². The summed E-state index contributed by atoms with van der Waals surface area (Å²) in [5.41, 5.74) is 7.50. The molecule has 0 aliphatic heterocycles. The highest BCUT2D eigenvalue weighted by Gasteiger charge is 2.06. The van der Waals surface area contributed by atoms with Crippen LogP contribution in [0.3, 0.4) is 0 Å². The van der Waals surface area contributed by atoms with E-state index in [4.69, 9.17) is 9.47 Å². The van der Waals surface area contributed by atoms with E-state index in [1.807, 2.05) is 0 Å². The summed E-state index contributed by atoms with van der Waals surface area (Å²) in [6.45, 7) is 14.3. The summed E-state index contributed by atoms with van der Waals surface area (Å²) in [7, 11) is 0.